The van der Waals surface area contributed by atoms with Gasteiger partial charge < -0.3 is 14.4 Å². The highest BCUT2D eigenvalue weighted by Crippen LogP contribution is 2.43. The monoisotopic (exact) mass is 674 g/mol. The van der Waals surface area contributed by atoms with E-state index in [-0.39, 0.29) is 25.6 Å². The zero-order valence-corrected chi connectivity index (χ0v) is 30.9. The molecular weight excluding hydrogens is 603 g/mol. The molecule has 9 heteroatoms. The standard InChI is InChI=1S/C37H71O8P/c1-4-7-9-11-13-15-17-18-19-20-22-23-25-27-29-31-36(38)42-33-35(34-44-46(40,41)43-6-3)45-37(39)32-30-28-26-24-21-16-14-12-10-8-5-2/h12,14,35H,4-11,13,15-34H2,1-3H3,(H,40,41)/b14-12-. The van der Waals surface area contributed by atoms with Gasteiger partial charge in [-0.1, -0.05) is 148 Å². The van der Waals surface area contributed by atoms with E-state index < -0.39 is 26.5 Å². The van der Waals surface area contributed by atoms with Crippen molar-refractivity contribution in [3.05, 3.63) is 12.2 Å². The molecule has 272 valence electrons. The van der Waals surface area contributed by atoms with Gasteiger partial charge >= 0.3 is 19.8 Å². The number of esters is 2. The van der Waals surface area contributed by atoms with E-state index in [1.54, 1.807) is 6.92 Å². The van der Waals surface area contributed by atoms with Crippen LogP contribution in [0.3, 0.4) is 0 Å². The highest BCUT2D eigenvalue weighted by Gasteiger charge is 2.25. The Hall–Kier alpha value is -1.21. The van der Waals surface area contributed by atoms with Crippen molar-refractivity contribution in [1.29, 1.82) is 0 Å². The number of carbonyl (C=O) groups excluding carboxylic acids is 2. The average Bonchev–Trinajstić information content (AvgIpc) is 3.03. The topological polar surface area (TPSA) is 108 Å². The third kappa shape index (κ3) is 32.7. The van der Waals surface area contributed by atoms with Crippen LogP contribution in [0, 0.1) is 0 Å². The van der Waals surface area contributed by atoms with Gasteiger partial charge in [0.15, 0.2) is 6.10 Å². The third-order valence-electron chi connectivity index (χ3n) is 8.07. The van der Waals surface area contributed by atoms with Gasteiger partial charge in [-0.15, -0.1) is 0 Å². The van der Waals surface area contributed by atoms with Gasteiger partial charge in [-0.05, 0) is 39.0 Å². The first-order chi connectivity index (χ1) is 22.3. The van der Waals surface area contributed by atoms with Crippen LogP contribution in [0.4, 0.5) is 0 Å². The lowest BCUT2D eigenvalue weighted by Crippen LogP contribution is -2.29. The van der Waals surface area contributed by atoms with E-state index in [1.807, 2.05) is 0 Å². The van der Waals surface area contributed by atoms with Crippen molar-refractivity contribution in [3.63, 3.8) is 0 Å². The van der Waals surface area contributed by atoms with Gasteiger partial charge in [-0.3, -0.25) is 18.6 Å². The van der Waals surface area contributed by atoms with E-state index in [4.69, 9.17) is 18.5 Å². The Balaban J connectivity index is 4.11. The molecule has 0 aromatic carbocycles. The molecule has 0 bridgehead atoms. The Morgan fingerprint density at radius 2 is 1.00 bits per heavy atom. The molecule has 0 heterocycles. The van der Waals surface area contributed by atoms with Crippen LogP contribution in [0.25, 0.3) is 0 Å². The van der Waals surface area contributed by atoms with Gasteiger partial charge in [-0.2, -0.15) is 0 Å². The maximum Gasteiger partial charge on any atom is 0.472 e. The minimum absolute atomic E-state index is 0.00160. The number of hydrogen-bond acceptors (Lipinski definition) is 7. The zero-order valence-electron chi connectivity index (χ0n) is 30.0. The SMILES string of the molecule is CCCC/C=C\CCCCCCCC(=O)OC(COC(=O)CCCCCCCCCCCCCCCCC)COP(=O)(O)OCC. The predicted octanol–water partition coefficient (Wildman–Crippen LogP) is 11.3. The Morgan fingerprint density at radius 1 is 0.565 bits per heavy atom. The Bertz CT molecular complexity index is 772. The molecule has 0 saturated heterocycles. The summed E-state index contributed by atoms with van der Waals surface area (Å²) < 4.78 is 32.5. The molecule has 0 saturated carbocycles. The molecule has 0 amide bonds. The summed E-state index contributed by atoms with van der Waals surface area (Å²) in [5, 5.41) is 0. The molecular formula is C37H71O8P. The molecule has 0 aliphatic carbocycles. The molecule has 1 N–H and O–H groups in total. The molecule has 0 aromatic rings. The number of phosphoric ester groups is 1. The van der Waals surface area contributed by atoms with Gasteiger partial charge in [0, 0.05) is 12.8 Å². The quantitative estimate of drug-likeness (QED) is 0.0306. The first-order valence-electron chi connectivity index (χ1n) is 19.0. The molecule has 0 spiro atoms. The number of unbranched alkanes of at least 4 members (excludes halogenated alkanes) is 21. The van der Waals surface area contributed by atoms with Crippen molar-refractivity contribution in [1.82, 2.24) is 0 Å². The lowest BCUT2D eigenvalue weighted by molar-refractivity contribution is -0.161. The third-order valence-corrected chi connectivity index (χ3v) is 9.13. The number of allylic oxidation sites excluding steroid dienone is 2. The second-order valence-electron chi connectivity index (χ2n) is 12.6. The van der Waals surface area contributed by atoms with Crippen LogP contribution in [0.15, 0.2) is 12.2 Å². The fraction of sp³-hybridized carbons (Fsp3) is 0.892. The normalized spacial score (nSPS) is 13.6. The van der Waals surface area contributed by atoms with Gasteiger partial charge in [-0.25, -0.2) is 4.57 Å². The van der Waals surface area contributed by atoms with Crippen molar-refractivity contribution < 1.29 is 37.6 Å². The molecule has 0 rings (SSSR count). The van der Waals surface area contributed by atoms with Crippen molar-refractivity contribution in [2.45, 2.75) is 194 Å². The van der Waals surface area contributed by atoms with Crippen LogP contribution in [-0.4, -0.2) is 42.8 Å². The maximum atomic E-state index is 12.4. The summed E-state index contributed by atoms with van der Waals surface area (Å²) in [5.74, 6) is -0.803. The molecule has 2 unspecified atom stereocenters. The minimum Gasteiger partial charge on any atom is -0.462 e. The molecule has 0 aliphatic rings. The van der Waals surface area contributed by atoms with Crippen LogP contribution in [0.5, 0.6) is 0 Å². The van der Waals surface area contributed by atoms with Crippen molar-refractivity contribution in [3.8, 4) is 0 Å². The van der Waals surface area contributed by atoms with Crippen LogP contribution in [0.2, 0.25) is 0 Å². The number of hydrogen-bond donors (Lipinski definition) is 1. The summed E-state index contributed by atoms with van der Waals surface area (Å²) in [6.07, 6.45) is 32.6. The lowest BCUT2D eigenvalue weighted by atomic mass is 10.0. The van der Waals surface area contributed by atoms with E-state index in [2.05, 4.69) is 26.0 Å². The molecule has 0 aromatic heterocycles. The molecule has 8 nitrogen and oxygen atoms in total. The first-order valence-corrected chi connectivity index (χ1v) is 20.5. The first kappa shape index (κ1) is 44.8. The smallest absolute Gasteiger partial charge is 0.462 e. The molecule has 0 fully saturated rings. The van der Waals surface area contributed by atoms with Gasteiger partial charge in [0.1, 0.15) is 6.61 Å². The van der Waals surface area contributed by atoms with Gasteiger partial charge in [0.2, 0.25) is 0 Å². The summed E-state index contributed by atoms with van der Waals surface area (Å²) in [6, 6.07) is 0. The highest BCUT2D eigenvalue weighted by molar-refractivity contribution is 7.47. The maximum absolute atomic E-state index is 12.4. The highest BCUT2D eigenvalue weighted by atomic mass is 31.2. The largest absolute Gasteiger partial charge is 0.472 e. The van der Waals surface area contributed by atoms with Gasteiger partial charge in [0.05, 0.1) is 13.2 Å². The molecule has 2 atom stereocenters. The van der Waals surface area contributed by atoms with E-state index in [0.717, 1.165) is 57.8 Å². The van der Waals surface area contributed by atoms with E-state index in [9.17, 15) is 19.0 Å². The summed E-state index contributed by atoms with van der Waals surface area (Å²) in [7, 11) is -4.27. The van der Waals surface area contributed by atoms with Crippen LogP contribution in [0.1, 0.15) is 188 Å². The summed E-state index contributed by atoms with van der Waals surface area (Å²) in [4.78, 5) is 34.5. The molecule has 0 radical (unpaired) electrons. The molecule has 46 heavy (non-hydrogen) atoms. The minimum atomic E-state index is -4.27. The van der Waals surface area contributed by atoms with Crippen molar-refractivity contribution in [2.24, 2.45) is 0 Å². The molecule has 0 aliphatic heterocycles. The van der Waals surface area contributed by atoms with E-state index in [1.165, 1.54) is 89.9 Å². The zero-order chi connectivity index (χ0) is 34.0. The summed E-state index contributed by atoms with van der Waals surface area (Å²) >= 11 is 0. The van der Waals surface area contributed by atoms with Crippen molar-refractivity contribution in [2.75, 3.05) is 19.8 Å². The Kier molecular flexibility index (Phi) is 32.8. The predicted molar refractivity (Wildman–Crippen MR) is 189 cm³/mol. The number of ether oxygens (including phenoxy) is 2. The second kappa shape index (κ2) is 33.7. The summed E-state index contributed by atoms with van der Waals surface area (Å²) in [6.45, 7) is 5.42. The van der Waals surface area contributed by atoms with Crippen LogP contribution in [-0.2, 0) is 32.7 Å². The number of phosphoric acid groups is 1. The van der Waals surface area contributed by atoms with E-state index in [0.29, 0.717) is 12.8 Å². The van der Waals surface area contributed by atoms with E-state index >= 15 is 0 Å². The number of rotatable bonds is 35. The fourth-order valence-electron chi connectivity index (χ4n) is 5.26. The average molecular weight is 675 g/mol. The Labute approximate surface area is 282 Å². The lowest BCUT2D eigenvalue weighted by Gasteiger charge is -2.19. The number of carbonyl (C=O) groups is 2. The van der Waals surface area contributed by atoms with Crippen LogP contribution >= 0.6 is 7.82 Å². The second-order valence-corrected chi connectivity index (χ2v) is 14.1. The van der Waals surface area contributed by atoms with Gasteiger partial charge in [0.25, 0.3) is 0 Å². The Morgan fingerprint density at radius 3 is 1.50 bits per heavy atom. The fourth-order valence-corrected chi connectivity index (χ4v) is 6.01. The van der Waals surface area contributed by atoms with Crippen LogP contribution < -0.4 is 0 Å². The van der Waals surface area contributed by atoms with Crippen molar-refractivity contribution >= 4 is 19.8 Å². The summed E-state index contributed by atoms with van der Waals surface area (Å²) in [5.41, 5.74) is 0.